The molecule has 4 nitrogen and oxygen atoms in total. The van der Waals surface area contributed by atoms with Crippen LogP contribution < -0.4 is 5.73 Å². The normalized spacial score (nSPS) is 21.9. The van der Waals surface area contributed by atoms with Gasteiger partial charge in [0.2, 0.25) is 5.91 Å². The van der Waals surface area contributed by atoms with E-state index in [0.717, 1.165) is 24.9 Å². The highest BCUT2D eigenvalue weighted by Gasteiger charge is 2.31. The monoisotopic (exact) mass is 248 g/mol. The highest BCUT2D eigenvalue weighted by molar-refractivity contribution is 5.77. The molecule has 0 radical (unpaired) electrons. The van der Waals surface area contributed by atoms with Gasteiger partial charge in [0.15, 0.2) is 0 Å². The lowest BCUT2D eigenvalue weighted by atomic mass is 10.0. The number of carbonyl (C=O) groups excluding carboxylic acids is 1. The van der Waals surface area contributed by atoms with Gasteiger partial charge in [0.05, 0.1) is 5.92 Å². The molecule has 0 aromatic heterocycles. The van der Waals surface area contributed by atoms with E-state index in [0.29, 0.717) is 12.3 Å². The maximum Gasteiger partial charge on any atom is 0.221 e. The minimum absolute atomic E-state index is 0.0510. The number of rotatable bonds is 4. The van der Waals surface area contributed by atoms with Crippen LogP contribution in [0.2, 0.25) is 0 Å². The van der Waals surface area contributed by atoms with E-state index in [1.807, 2.05) is 18.2 Å². The van der Waals surface area contributed by atoms with Crippen LogP contribution in [0.3, 0.4) is 0 Å². The van der Waals surface area contributed by atoms with Crippen molar-refractivity contribution in [3.05, 3.63) is 29.8 Å². The number of amides is 1. The van der Waals surface area contributed by atoms with E-state index < -0.39 is 0 Å². The summed E-state index contributed by atoms with van der Waals surface area (Å²) in [5.74, 6) is 0.0569. The van der Waals surface area contributed by atoms with Gasteiger partial charge >= 0.3 is 0 Å². The molecule has 2 unspecified atom stereocenters. The second-order valence-corrected chi connectivity index (χ2v) is 4.87. The minimum Gasteiger partial charge on any atom is -0.508 e. The third-order valence-electron chi connectivity index (χ3n) is 3.75. The van der Waals surface area contributed by atoms with Crippen molar-refractivity contribution in [2.75, 3.05) is 13.1 Å². The number of para-hydroxylation sites is 1. The van der Waals surface area contributed by atoms with Crippen molar-refractivity contribution in [1.82, 2.24) is 4.90 Å². The molecule has 2 rings (SSSR count). The van der Waals surface area contributed by atoms with Gasteiger partial charge in [0, 0.05) is 18.2 Å². The first-order valence-corrected chi connectivity index (χ1v) is 6.44. The molecule has 1 fully saturated rings. The Hall–Kier alpha value is -1.55. The molecule has 0 spiro atoms. The van der Waals surface area contributed by atoms with E-state index in [2.05, 4.69) is 11.8 Å². The van der Waals surface area contributed by atoms with Crippen molar-refractivity contribution in [3.8, 4) is 5.75 Å². The number of nitrogens with two attached hydrogens (primary N) is 1. The number of aromatic hydroxyl groups is 1. The van der Waals surface area contributed by atoms with E-state index in [-0.39, 0.29) is 17.9 Å². The molecular weight excluding hydrogens is 228 g/mol. The van der Waals surface area contributed by atoms with Crippen molar-refractivity contribution in [2.24, 2.45) is 11.7 Å². The molecule has 1 amide bonds. The van der Waals surface area contributed by atoms with Crippen LogP contribution in [-0.4, -0.2) is 29.0 Å². The Morgan fingerprint density at radius 2 is 2.28 bits per heavy atom. The molecule has 1 saturated heterocycles. The van der Waals surface area contributed by atoms with E-state index in [1.165, 1.54) is 0 Å². The number of hydrogen-bond acceptors (Lipinski definition) is 3. The average Bonchev–Trinajstić information content (AvgIpc) is 2.82. The second-order valence-electron chi connectivity index (χ2n) is 4.87. The lowest BCUT2D eigenvalue weighted by Gasteiger charge is -2.27. The van der Waals surface area contributed by atoms with E-state index >= 15 is 0 Å². The van der Waals surface area contributed by atoms with Gasteiger partial charge in [-0.3, -0.25) is 9.69 Å². The molecule has 0 bridgehead atoms. The predicted octanol–water partition coefficient (Wildman–Crippen LogP) is 1.65. The number of hydrogen-bond donors (Lipinski definition) is 2. The van der Waals surface area contributed by atoms with Gasteiger partial charge in [0.1, 0.15) is 5.75 Å². The highest BCUT2D eigenvalue weighted by atomic mass is 16.3. The number of benzene rings is 1. The number of carbonyl (C=O) groups is 1. The minimum atomic E-state index is -0.218. The zero-order valence-corrected chi connectivity index (χ0v) is 10.7. The summed E-state index contributed by atoms with van der Waals surface area (Å²) in [5.41, 5.74) is 6.29. The third-order valence-corrected chi connectivity index (χ3v) is 3.75. The van der Waals surface area contributed by atoms with Gasteiger partial charge in [-0.05, 0) is 25.5 Å². The van der Waals surface area contributed by atoms with Gasteiger partial charge in [-0.1, -0.05) is 25.1 Å². The van der Waals surface area contributed by atoms with Crippen LogP contribution in [0.5, 0.6) is 5.75 Å². The molecule has 1 aromatic rings. The molecule has 1 heterocycles. The van der Waals surface area contributed by atoms with Crippen molar-refractivity contribution in [2.45, 2.75) is 25.8 Å². The summed E-state index contributed by atoms with van der Waals surface area (Å²) in [6, 6.07) is 7.57. The van der Waals surface area contributed by atoms with Crippen molar-refractivity contribution >= 4 is 5.91 Å². The predicted molar refractivity (Wildman–Crippen MR) is 70.0 cm³/mol. The summed E-state index contributed by atoms with van der Waals surface area (Å²) >= 11 is 0. The molecule has 1 aromatic carbocycles. The Morgan fingerprint density at radius 3 is 2.83 bits per heavy atom. The number of phenols is 1. The Balaban J connectivity index is 2.16. The molecule has 0 aliphatic carbocycles. The molecule has 3 N–H and O–H groups in total. The molecule has 1 aliphatic rings. The van der Waals surface area contributed by atoms with E-state index in [1.54, 1.807) is 6.07 Å². The Labute approximate surface area is 107 Å². The lowest BCUT2D eigenvalue weighted by Crippen LogP contribution is -2.30. The standard InChI is InChI=1S/C14H20N2O2/c1-2-12(11-5-3-4-6-13(11)17)16-8-7-10(9-16)14(15)18/h3-6,10,12,17H,2,7-9H2,1H3,(H2,15,18). The molecule has 1 aliphatic heterocycles. The third kappa shape index (κ3) is 2.48. The largest absolute Gasteiger partial charge is 0.508 e. The van der Waals surface area contributed by atoms with E-state index in [9.17, 15) is 9.90 Å². The van der Waals surface area contributed by atoms with Crippen molar-refractivity contribution < 1.29 is 9.90 Å². The van der Waals surface area contributed by atoms with Crippen LogP contribution in [0.4, 0.5) is 0 Å². The SMILES string of the molecule is CCC(c1ccccc1O)N1CCC(C(N)=O)C1. The lowest BCUT2D eigenvalue weighted by molar-refractivity contribution is -0.121. The van der Waals surface area contributed by atoms with Gasteiger partial charge in [-0.15, -0.1) is 0 Å². The molecule has 18 heavy (non-hydrogen) atoms. The van der Waals surface area contributed by atoms with Crippen LogP contribution in [0.25, 0.3) is 0 Å². The fraction of sp³-hybridized carbons (Fsp3) is 0.500. The fourth-order valence-corrected chi connectivity index (χ4v) is 2.75. The van der Waals surface area contributed by atoms with Crippen LogP contribution >= 0.6 is 0 Å². The Kier molecular flexibility index (Phi) is 3.87. The number of primary amides is 1. The number of nitrogens with zero attached hydrogens (tertiary/aromatic N) is 1. The van der Waals surface area contributed by atoms with E-state index in [4.69, 9.17) is 5.73 Å². The van der Waals surface area contributed by atoms with Crippen LogP contribution in [0, 0.1) is 5.92 Å². The Bertz CT molecular complexity index is 434. The first kappa shape index (κ1) is 12.9. The summed E-state index contributed by atoms with van der Waals surface area (Å²) in [6.45, 7) is 3.65. The van der Waals surface area contributed by atoms with Crippen LogP contribution in [0.1, 0.15) is 31.4 Å². The molecule has 98 valence electrons. The maximum absolute atomic E-state index is 11.2. The van der Waals surface area contributed by atoms with Crippen LogP contribution in [-0.2, 0) is 4.79 Å². The van der Waals surface area contributed by atoms with Gasteiger partial charge in [0.25, 0.3) is 0 Å². The summed E-state index contributed by atoms with van der Waals surface area (Å²) in [4.78, 5) is 13.4. The second kappa shape index (κ2) is 5.40. The topological polar surface area (TPSA) is 66.6 Å². The van der Waals surface area contributed by atoms with Crippen molar-refractivity contribution in [3.63, 3.8) is 0 Å². The molecule has 2 atom stereocenters. The fourth-order valence-electron chi connectivity index (χ4n) is 2.75. The number of phenolic OH excluding ortho intramolecular Hbond substituents is 1. The smallest absolute Gasteiger partial charge is 0.221 e. The zero-order chi connectivity index (χ0) is 13.1. The highest BCUT2D eigenvalue weighted by Crippen LogP contribution is 2.34. The first-order valence-electron chi connectivity index (χ1n) is 6.44. The van der Waals surface area contributed by atoms with Crippen LogP contribution in [0.15, 0.2) is 24.3 Å². The van der Waals surface area contributed by atoms with Gasteiger partial charge in [-0.25, -0.2) is 0 Å². The first-order chi connectivity index (χ1) is 8.63. The average molecular weight is 248 g/mol. The molecular formula is C14H20N2O2. The summed E-state index contributed by atoms with van der Waals surface area (Å²) in [7, 11) is 0. The van der Waals surface area contributed by atoms with Crippen molar-refractivity contribution in [1.29, 1.82) is 0 Å². The molecule has 4 heteroatoms. The Morgan fingerprint density at radius 1 is 1.56 bits per heavy atom. The number of likely N-dealkylation sites (tertiary alicyclic amines) is 1. The maximum atomic E-state index is 11.2. The summed E-state index contributed by atoms with van der Waals surface area (Å²) in [5, 5.41) is 9.93. The quantitative estimate of drug-likeness (QED) is 0.851. The summed E-state index contributed by atoms with van der Waals surface area (Å²) in [6.07, 6.45) is 1.72. The summed E-state index contributed by atoms with van der Waals surface area (Å²) < 4.78 is 0. The molecule has 0 saturated carbocycles. The zero-order valence-electron chi connectivity index (χ0n) is 10.7. The van der Waals surface area contributed by atoms with Gasteiger partial charge in [-0.2, -0.15) is 0 Å². The van der Waals surface area contributed by atoms with Gasteiger partial charge < -0.3 is 10.8 Å².